The summed E-state index contributed by atoms with van der Waals surface area (Å²) in [6.45, 7) is 2.91. The van der Waals surface area contributed by atoms with Crippen LogP contribution in [0, 0.1) is 5.92 Å². The Labute approximate surface area is 184 Å². The molecule has 1 aromatic carbocycles. The van der Waals surface area contributed by atoms with Crippen LogP contribution in [0.15, 0.2) is 24.4 Å². The van der Waals surface area contributed by atoms with Gasteiger partial charge in [-0.25, -0.2) is 0 Å². The summed E-state index contributed by atoms with van der Waals surface area (Å²) < 4.78 is 13.2. The average molecular weight is 439 g/mol. The van der Waals surface area contributed by atoms with Crippen molar-refractivity contribution in [3.05, 3.63) is 41.2 Å². The van der Waals surface area contributed by atoms with Crippen molar-refractivity contribution in [2.75, 3.05) is 13.2 Å². The summed E-state index contributed by atoms with van der Waals surface area (Å²) in [4.78, 5) is 38.1. The van der Waals surface area contributed by atoms with Crippen molar-refractivity contribution in [1.82, 2.24) is 25.2 Å². The van der Waals surface area contributed by atoms with E-state index in [9.17, 15) is 14.4 Å². The quantitative estimate of drug-likeness (QED) is 0.669. The van der Waals surface area contributed by atoms with Crippen LogP contribution in [0.2, 0.25) is 0 Å². The smallest absolute Gasteiger partial charge is 0.255 e. The van der Waals surface area contributed by atoms with Crippen LogP contribution in [0.5, 0.6) is 5.75 Å². The first-order valence-electron chi connectivity index (χ1n) is 10.9. The highest BCUT2D eigenvalue weighted by atomic mass is 16.5. The molecule has 4 heterocycles. The Bertz CT molecular complexity index is 1050. The monoisotopic (exact) mass is 439 g/mol. The molecule has 0 bridgehead atoms. The van der Waals surface area contributed by atoms with Crippen molar-refractivity contribution in [2.45, 2.75) is 51.4 Å². The second kappa shape index (κ2) is 8.70. The van der Waals surface area contributed by atoms with Crippen LogP contribution >= 0.6 is 0 Å². The minimum atomic E-state index is -0.648. The Morgan fingerprint density at radius 2 is 2.00 bits per heavy atom. The number of piperidine rings is 1. The van der Waals surface area contributed by atoms with Crippen LogP contribution in [0.3, 0.4) is 0 Å². The molecule has 10 heteroatoms. The topological polar surface area (TPSA) is 116 Å². The van der Waals surface area contributed by atoms with E-state index < -0.39 is 11.9 Å². The van der Waals surface area contributed by atoms with Gasteiger partial charge in [-0.05, 0) is 37.3 Å². The maximum atomic E-state index is 12.9. The van der Waals surface area contributed by atoms with Gasteiger partial charge in [0, 0.05) is 37.3 Å². The zero-order valence-corrected chi connectivity index (χ0v) is 17.7. The molecule has 2 fully saturated rings. The lowest BCUT2D eigenvalue weighted by molar-refractivity contribution is -0.136. The number of nitrogens with zero attached hydrogens (tertiary/aromatic N) is 4. The molecule has 2 saturated heterocycles. The van der Waals surface area contributed by atoms with Crippen molar-refractivity contribution in [2.24, 2.45) is 5.92 Å². The lowest BCUT2D eigenvalue weighted by atomic mass is 10.0. The summed E-state index contributed by atoms with van der Waals surface area (Å²) in [5, 5.41) is 10.7. The van der Waals surface area contributed by atoms with E-state index in [0.717, 1.165) is 38.2 Å². The molecular formula is C22H25N5O5. The molecule has 0 aliphatic carbocycles. The van der Waals surface area contributed by atoms with Gasteiger partial charge < -0.3 is 14.4 Å². The summed E-state index contributed by atoms with van der Waals surface area (Å²) in [7, 11) is 0. The first-order chi connectivity index (χ1) is 15.6. The number of carbonyl (C=O) groups excluding carboxylic acids is 3. The van der Waals surface area contributed by atoms with Gasteiger partial charge in [-0.3, -0.25) is 24.4 Å². The molecule has 0 spiro atoms. The van der Waals surface area contributed by atoms with Crippen molar-refractivity contribution < 1.29 is 23.9 Å². The lowest BCUT2D eigenvalue weighted by Crippen LogP contribution is -2.52. The van der Waals surface area contributed by atoms with Gasteiger partial charge in [-0.15, -0.1) is 5.10 Å². The number of imide groups is 1. The summed E-state index contributed by atoms with van der Waals surface area (Å²) in [5.74, 6) is 0.184. The Kier molecular flexibility index (Phi) is 5.60. The second-order valence-corrected chi connectivity index (χ2v) is 8.46. The van der Waals surface area contributed by atoms with Crippen molar-refractivity contribution in [1.29, 1.82) is 0 Å². The third-order valence-electron chi connectivity index (χ3n) is 6.29. The Morgan fingerprint density at radius 1 is 1.16 bits per heavy atom. The Hall–Kier alpha value is -3.27. The fourth-order valence-corrected chi connectivity index (χ4v) is 4.53. The molecule has 3 aliphatic heterocycles. The number of carbonyl (C=O) groups is 3. The molecule has 3 aliphatic rings. The van der Waals surface area contributed by atoms with E-state index in [-0.39, 0.29) is 31.4 Å². The summed E-state index contributed by atoms with van der Waals surface area (Å²) in [6.07, 6.45) is 4.50. The largest absolute Gasteiger partial charge is 0.487 e. The normalized spacial score (nSPS) is 21.6. The SMILES string of the molecule is O=C1CCC(N2Cc3c(OCc4cn(CC5CCOCC5)nn4)cccc3C2=O)C(=O)N1. The van der Waals surface area contributed by atoms with Crippen LogP contribution in [-0.4, -0.2) is 56.9 Å². The molecule has 0 saturated carbocycles. The molecule has 0 radical (unpaired) electrons. The lowest BCUT2D eigenvalue weighted by Gasteiger charge is -2.29. The van der Waals surface area contributed by atoms with Crippen molar-refractivity contribution in [3.8, 4) is 5.75 Å². The zero-order valence-electron chi connectivity index (χ0n) is 17.7. The van der Waals surface area contributed by atoms with Crippen LogP contribution in [0.25, 0.3) is 0 Å². The van der Waals surface area contributed by atoms with E-state index in [0.29, 0.717) is 29.3 Å². The molecule has 1 N–H and O–H groups in total. The molecule has 3 amide bonds. The van der Waals surface area contributed by atoms with E-state index in [1.807, 2.05) is 16.9 Å². The van der Waals surface area contributed by atoms with Crippen LogP contribution < -0.4 is 10.1 Å². The van der Waals surface area contributed by atoms with E-state index in [1.54, 1.807) is 12.1 Å². The van der Waals surface area contributed by atoms with Gasteiger partial charge in [0.25, 0.3) is 5.91 Å². The van der Waals surface area contributed by atoms with Crippen LogP contribution in [0.1, 0.15) is 47.3 Å². The number of ether oxygens (including phenoxy) is 2. The third kappa shape index (κ3) is 4.10. The minimum Gasteiger partial charge on any atom is -0.487 e. The molecular weight excluding hydrogens is 414 g/mol. The summed E-state index contributed by atoms with van der Waals surface area (Å²) >= 11 is 0. The summed E-state index contributed by atoms with van der Waals surface area (Å²) in [6, 6.07) is 4.67. The molecule has 1 atom stereocenters. The fraction of sp³-hybridized carbons (Fsp3) is 0.500. The highest BCUT2D eigenvalue weighted by molar-refractivity contribution is 6.05. The van der Waals surface area contributed by atoms with Crippen LogP contribution in [-0.2, 0) is 34.0 Å². The number of fused-ring (bicyclic) bond motifs is 1. The molecule has 10 nitrogen and oxygen atoms in total. The standard InChI is InChI=1S/C22H25N5O5/c28-20-5-4-18(21(29)23-20)27-12-17-16(22(27)30)2-1-3-19(17)32-13-15-11-26(25-24-15)10-14-6-8-31-9-7-14/h1-3,11,14,18H,4-10,12-13H2,(H,23,28,29). The number of rotatable bonds is 6. The molecule has 32 heavy (non-hydrogen) atoms. The van der Waals surface area contributed by atoms with Gasteiger partial charge in [0.15, 0.2) is 0 Å². The predicted molar refractivity (Wildman–Crippen MR) is 110 cm³/mol. The first kappa shape index (κ1) is 20.6. The first-order valence-corrected chi connectivity index (χ1v) is 10.9. The van der Waals surface area contributed by atoms with Gasteiger partial charge in [-0.2, -0.15) is 0 Å². The highest BCUT2D eigenvalue weighted by Crippen LogP contribution is 2.33. The van der Waals surface area contributed by atoms with Gasteiger partial charge in [-0.1, -0.05) is 11.3 Å². The van der Waals surface area contributed by atoms with E-state index in [2.05, 4.69) is 15.6 Å². The minimum absolute atomic E-state index is 0.220. The zero-order chi connectivity index (χ0) is 22.1. The molecule has 1 aromatic heterocycles. The molecule has 2 aromatic rings. The van der Waals surface area contributed by atoms with Gasteiger partial charge in [0.05, 0.1) is 12.7 Å². The fourth-order valence-electron chi connectivity index (χ4n) is 4.53. The maximum absolute atomic E-state index is 12.9. The maximum Gasteiger partial charge on any atom is 0.255 e. The summed E-state index contributed by atoms with van der Waals surface area (Å²) in [5.41, 5.74) is 1.98. The number of amides is 3. The van der Waals surface area contributed by atoms with E-state index in [4.69, 9.17) is 9.47 Å². The molecule has 1 unspecified atom stereocenters. The van der Waals surface area contributed by atoms with E-state index in [1.165, 1.54) is 4.90 Å². The second-order valence-electron chi connectivity index (χ2n) is 8.46. The number of hydrogen-bond acceptors (Lipinski definition) is 7. The Morgan fingerprint density at radius 3 is 2.81 bits per heavy atom. The highest BCUT2D eigenvalue weighted by Gasteiger charge is 2.40. The predicted octanol–water partition coefficient (Wildman–Crippen LogP) is 1.04. The van der Waals surface area contributed by atoms with Crippen molar-refractivity contribution in [3.63, 3.8) is 0 Å². The van der Waals surface area contributed by atoms with Crippen LogP contribution in [0.4, 0.5) is 0 Å². The average Bonchev–Trinajstić information content (AvgIpc) is 3.38. The van der Waals surface area contributed by atoms with Gasteiger partial charge >= 0.3 is 0 Å². The number of benzene rings is 1. The third-order valence-corrected chi connectivity index (χ3v) is 6.29. The van der Waals surface area contributed by atoms with Gasteiger partial charge in [0.1, 0.15) is 24.1 Å². The molecule has 5 rings (SSSR count). The van der Waals surface area contributed by atoms with Crippen molar-refractivity contribution >= 4 is 17.7 Å². The van der Waals surface area contributed by atoms with Gasteiger partial charge in [0.2, 0.25) is 11.8 Å². The number of aromatic nitrogens is 3. The number of nitrogens with one attached hydrogen (secondary N) is 1. The molecule has 168 valence electrons. The Balaban J connectivity index is 1.24. The van der Waals surface area contributed by atoms with E-state index >= 15 is 0 Å². The number of hydrogen-bond donors (Lipinski definition) is 1.